The second kappa shape index (κ2) is 9.34. The smallest absolute Gasteiger partial charge is 0.340 e. The molecule has 0 saturated carbocycles. The van der Waals surface area contributed by atoms with Gasteiger partial charge < -0.3 is 29.1 Å². The zero-order chi connectivity index (χ0) is 22.5. The Balaban J connectivity index is 1.86. The number of hydrogen-bond donors (Lipinski definition) is 1. The molecule has 162 valence electrons. The summed E-state index contributed by atoms with van der Waals surface area (Å²) < 4.78 is 15.9. The van der Waals surface area contributed by atoms with Crippen LogP contribution in [0, 0.1) is 6.92 Å². The number of amides is 1. The SMILES string of the molecule is COc1cc2oc(=O)c(CC(=O)N[C@@H](Cc3ccccc3)C(=O)[O-])c(C)c2cc1OC. The molecule has 0 bridgehead atoms. The van der Waals surface area contributed by atoms with Crippen LogP contribution in [0.5, 0.6) is 11.5 Å². The number of fused-ring (bicyclic) bond motifs is 1. The van der Waals surface area contributed by atoms with E-state index in [0.29, 0.717) is 28.0 Å². The quantitative estimate of drug-likeness (QED) is 0.539. The van der Waals surface area contributed by atoms with Crippen LogP contribution in [0.3, 0.4) is 0 Å². The summed E-state index contributed by atoms with van der Waals surface area (Å²) >= 11 is 0. The van der Waals surface area contributed by atoms with Gasteiger partial charge in [0.1, 0.15) is 5.58 Å². The van der Waals surface area contributed by atoms with Gasteiger partial charge in [0.15, 0.2) is 11.5 Å². The summed E-state index contributed by atoms with van der Waals surface area (Å²) in [7, 11) is 2.95. The molecule has 2 aromatic carbocycles. The first-order valence-corrected chi connectivity index (χ1v) is 9.56. The first kappa shape index (κ1) is 21.9. The largest absolute Gasteiger partial charge is 0.548 e. The minimum atomic E-state index is -1.41. The number of carboxylic acids is 1. The van der Waals surface area contributed by atoms with Gasteiger partial charge in [-0.25, -0.2) is 4.79 Å². The maximum atomic E-state index is 12.6. The number of rotatable bonds is 8. The third kappa shape index (κ3) is 4.85. The highest BCUT2D eigenvalue weighted by Gasteiger charge is 2.20. The Morgan fingerprint density at radius 1 is 1.10 bits per heavy atom. The normalized spacial score (nSPS) is 11.7. The Hall–Kier alpha value is -3.81. The Morgan fingerprint density at radius 2 is 1.74 bits per heavy atom. The lowest BCUT2D eigenvalue weighted by molar-refractivity contribution is -0.308. The summed E-state index contributed by atoms with van der Waals surface area (Å²) in [5.41, 5.74) is 1.02. The second-order valence-corrected chi connectivity index (χ2v) is 7.00. The van der Waals surface area contributed by atoms with E-state index in [9.17, 15) is 19.5 Å². The zero-order valence-electron chi connectivity index (χ0n) is 17.4. The molecule has 1 amide bonds. The molecular weight excluding hydrogens is 402 g/mol. The van der Waals surface area contributed by atoms with Crippen molar-refractivity contribution in [3.63, 3.8) is 0 Å². The number of methoxy groups -OCH3 is 2. The number of carboxylic acid groups (broad SMARTS) is 1. The van der Waals surface area contributed by atoms with Crippen molar-refractivity contribution in [2.45, 2.75) is 25.8 Å². The standard InChI is InChI=1S/C23H23NO7/c1-13-15-10-19(29-2)20(30-3)12-18(15)31-23(28)16(13)11-21(25)24-17(22(26)27)9-14-7-5-4-6-8-14/h4-8,10,12,17H,9,11H2,1-3H3,(H,24,25)(H,26,27)/p-1/t17-/m0/s1. The lowest BCUT2D eigenvalue weighted by Crippen LogP contribution is -2.49. The van der Waals surface area contributed by atoms with Crippen LogP contribution in [0.1, 0.15) is 16.7 Å². The van der Waals surface area contributed by atoms with Crippen molar-refractivity contribution in [3.8, 4) is 11.5 Å². The predicted molar refractivity (Wildman–Crippen MR) is 111 cm³/mol. The minimum Gasteiger partial charge on any atom is -0.548 e. The molecule has 0 saturated heterocycles. The first-order valence-electron chi connectivity index (χ1n) is 9.56. The van der Waals surface area contributed by atoms with Gasteiger partial charge in [0.2, 0.25) is 5.91 Å². The Morgan fingerprint density at radius 3 is 2.35 bits per heavy atom. The topological polar surface area (TPSA) is 118 Å². The number of aryl methyl sites for hydroxylation is 1. The number of benzene rings is 2. The average molecular weight is 424 g/mol. The maximum absolute atomic E-state index is 12.6. The molecule has 1 aromatic heterocycles. The third-order valence-corrected chi connectivity index (χ3v) is 5.03. The fourth-order valence-electron chi connectivity index (χ4n) is 3.37. The summed E-state index contributed by atoms with van der Waals surface area (Å²) in [4.78, 5) is 36.6. The number of aliphatic carboxylic acids is 1. The fourth-order valence-corrected chi connectivity index (χ4v) is 3.37. The zero-order valence-corrected chi connectivity index (χ0v) is 17.4. The molecule has 8 heteroatoms. The lowest BCUT2D eigenvalue weighted by atomic mass is 10.0. The molecule has 0 radical (unpaired) electrons. The number of carbonyl (C=O) groups excluding carboxylic acids is 2. The van der Waals surface area contributed by atoms with Crippen LogP contribution in [0.4, 0.5) is 0 Å². The van der Waals surface area contributed by atoms with E-state index in [2.05, 4.69) is 5.32 Å². The van der Waals surface area contributed by atoms with Crippen LogP contribution in [-0.2, 0) is 22.4 Å². The minimum absolute atomic E-state index is 0.0667. The number of nitrogens with one attached hydrogen (secondary N) is 1. The molecule has 0 spiro atoms. The van der Waals surface area contributed by atoms with Crippen LogP contribution < -0.4 is 25.5 Å². The number of hydrogen-bond acceptors (Lipinski definition) is 7. The molecule has 1 N–H and O–H groups in total. The summed E-state index contributed by atoms with van der Waals surface area (Å²) in [6, 6.07) is 10.8. The van der Waals surface area contributed by atoms with Gasteiger partial charge in [0, 0.05) is 11.5 Å². The second-order valence-electron chi connectivity index (χ2n) is 7.00. The Kier molecular flexibility index (Phi) is 6.59. The van der Waals surface area contributed by atoms with E-state index in [1.54, 1.807) is 43.3 Å². The first-order chi connectivity index (χ1) is 14.8. The van der Waals surface area contributed by atoms with Gasteiger partial charge in [-0.1, -0.05) is 30.3 Å². The van der Waals surface area contributed by atoms with Crippen molar-refractivity contribution in [2.24, 2.45) is 0 Å². The van der Waals surface area contributed by atoms with Crippen molar-refractivity contribution in [1.29, 1.82) is 0 Å². The van der Waals surface area contributed by atoms with Crippen LogP contribution in [0.15, 0.2) is 51.7 Å². The molecule has 31 heavy (non-hydrogen) atoms. The predicted octanol–water partition coefficient (Wildman–Crippen LogP) is 1.14. The van der Waals surface area contributed by atoms with Gasteiger partial charge in [-0.05, 0) is 30.5 Å². The van der Waals surface area contributed by atoms with E-state index >= 15 is 0 Å². The van der Waals surface area contributed by atoms with E-state index in [1.165, 1.54) is 14.2 Å². The third-order valence-electron chi connectivity index (χ3n) is 5.03. The lowest BCUT2D eigenvalue weighted by Gasteiger charge is -2.20. The molecule has 3 aromatic rings. The van der Waals surface area contributed by atoms with Gasteiger partial charge in [-0.3, -0.25) is 4.79 Å². The van der Waals surface area contributed by atoms with E-state index < -0.39 is 23.5 Å². The highest BCUT2D eigenvalue weighted by atomic mass is 16.5. The monoisotopic (exact) mass is 424 g/mol. The van der Waals surface area contributed by atoms with Gasteiger partial charge in [0.05, 0.1) is 38.2 Å². The van der Waals surface area contributed by atoms with Gasteiger partial charge >= 0.3 is 5.63 Å². The van der Waals surface area contributed by atoms with E-state index in [-0.39, 0.29) is 18.4 Å². The molecule has 0 aliphatic rings. The van der Waals surface area contributed by atoms with Crippen LogP contribution >= 0.6 is 0 Å². The van der Waals surface area contributed by atoms with Crippen LogP contribution in [0.2, 0.25) is 0 Å². The van der Waals surface area contributed by atoms with E-state index in [0.717, 1.165) is 5.56 Å². The highest BCUT2D eigenvalue weighted by molar-refractivity contribution is 5.88. The number of carbonyl (C=O) groups is 2. The molecule has 1 heterocycles. The highest BCUT2D eigenvalue weighted by Crippen LogP contribution is 2.33. The number of ether oxygens (including phenoxy) is 2. The van der Waals surface area contributed by atoms with Gasteiger partial charge in [-0.15, -0.1) is 0 Å². The molecule has 0 aliphatic carbocycles. The Bertz CT molecular complexity index is 1170. The summed E-state index contributed by atoms with van der Waals surface area (Å²) in [6.45, 7) is 1.69. The fraction of sp³-hybridized carbons (Fsp3) is 0.261. The Labute approximate surface area is 178 Å². The molecule has 0 unspecified atom stereocenters. The van der Waals surface area contributed by atoms with Crippen LogP contribution in [0.25, 0.3) is 11.0 Å². The van der Waals surface area contributed by atoms with Crippen LogP contribution in [-0.4, -0.2) is 32.1 Å². The summed E-state index contributed by atoms with van der Waals surface area (Å²) in [5, 5.41) is 14.5. The van der Waals surface area contributed by atoms with Crippen molar-refractivity contribution >= 4 is 22.8 Å². The maximum Gasteiger partial charge on any atom is 0.340 e. The summed E-state index contributed by atoms with van der Waals surface area (Å²) in [6.07, 6.45) is -0.270. The van der Waals surface area contributed by atoms with Crippen molar-refractivity contribution in [2.75, 3.05) is 14.2 Å². The average Bonchev–Trinajstić information content (AvgIpc) is 2.76. The van der Waals surface area contributed by atoms with E-state index in [4.69, 9.17) is 13.9 Å². The molecule has 0 aliphatic heterocycles. The molecule has 3 rings (SSSR count). The van der Waals surface area contributed by atoms with Gasteiger partial charge in [0.25, 0.3) is 0 Å². The van der Waals surface area contributed by atoms with Crippen molar-refractivity contribution in [1.82, 2.24) is 5.32 Å². The molecule has 8 nitrogen and oxygen atoms in total. The summed E-state index contributed by atoms with van der Waals surface area (Å²) in [5.74, 6) is -1.18. The molecule has 1 atom stereocenters. The van der Waals surface area contributed by atoms with Gasteiger partial charge in [-0.2, -0.15) is 0 Å². The van der Waals surface area contributed by atoms with E-state index in [1.807, 2.05) is 6.07 Å². The van der Waals surface area contributed by atoms with Crippen molar-refractivity contribution in [3.05, 3.63) is 69.6 Å². The molecule has 0 fully saturated rings. The molecular formula is C23H22NO7-. The van der Waals surface area contributed by atoms with Crippen molar-refractivity contribution < 1.29 is 28.6 Å².